The van der Waals surface area contributed by atoms with Crippen LogP contribution in [0.3, 0.4) is 0 Å². The number of nitrogens with zero attached hydrogens (tertiary/aromatic N) is 3. The van der Waals surface area contributed by atoms with E-state index in [1.54, 1.807) is 11.3 Å². The zero-order chi connectivity index (χ0) is 20.6. The van der Waals surface area contributed by atoms with E-state index < -0.39 is 10.0 Å². The first-order valence-corrected chi connectivity index (χ1v) is 12.5. The minimum Gasteiger partial charge on any atom is -0.332 e. The Morgan fingerprint density at radius 1 is 1.34 bits per heavy atom. The normalized spacial score (nSPS) is 20.4. The first kappa shape index (κ1) is 20.2. The zero-order valence-electron chi connectivity index (χ0n) is 16.3. The van der Waals surface area contributed by atoms with Crippen LogP contribution in [0.15, 0.2) is 21.6 Å². The van der Waals surface area contributed by atoms with Gasteiger partial charge < -0.3 is 9.88 Å². The van der Waals surface area contributed by atoms with Crippen LogP contribution < -0.4 is 5.56 Å². The third-order valence-electron chi connectivity index (χ3n) is 5.60. The van der Waals surface area contributed by atoms with E-state index in [0.29, 0.717) is 43.0 Å². The zero-order valence-corrected chi connectivity index (χ0v) is 17.9. The first-order valence-electron chi connectivity index (χ1n) is 9.70. The van der Waals surface area contributed by atoms with Crippen molar-refractivity contribution < 1.29 is 13.2 Å². The number of fused-ring (bicyclic) bond motifs is 1. The number of nitrogens with one attached hydrogen (secondary N) is 1. The number of hydrogen-bond acceptors (Lipinski definition) is 6. The topological polar surface area (TPSA) is 103 Å². The lowest BCUT2D eigenvalue weighted by atomic mass is 9.99. The van der Waals surface area contributed by atoms with Crippen LogP contribution in [0.25, 0.3) is 0 Å². The molecule has 0 radical (unpaired) electrons. The number of H-pyrrole nitrogens is 1. The lowest BCUT2D eigenvalue weighted by Gasteiger charge is -2.35. The highest BCUT2D eigenvalue weighted by Crippen LogP contribution is 2.30. The summed E-state index contributed by atoms with van der Waals surface area (Å²) in [7, 11) is -3.36. The van der Waals surface area contributed by atoms with E-state index in [2.05, 4.69) is 9.97 Å². The molecule has 1 saturated heterocycles. The van der Waals surface area contributed by atoms with Crippen molar-refractivity contribution in [2.45, 2.75) is 44.7 Å². The van der Waals surface area contributed by atoms with E-state index in [9.17, 15) is 18.0 Å². The lowest BCUT2D eigenvalue weighted by Crippen LogP contribution is -2.42. The van der Waals surface area contributed by atoms with Gasteiger partial charge in [-0.15, -0.1) is 0 Å². The number of carbonyl (C=O) groups is 1. The molecule has 0 aromatic carbocycles. The Hall–Kier alpha value is -2.04. The molecule has 1 N–H and O–H groups in total. The van der Waals surface area contributed by atoms with Crippen molar-refractivity contribution in [3.8, 4) is 0 Å². The van der Waals surface area contributed by atoms with Gasteiger partial charge in [0.25, 0.3) is 5.56 Å². The van der Waals surface area contributed by atoms with Crippen LogP contribution in [0.5, 0.6) is 0 Å². The van der Waals surface area contributed by atoms with Gasteiger partial charge in [0.15, 0.2) is 0 Å². The van der Waals surface area contributed by atoms with Crippen LogP contribution >= 0.6 is 11.3 Å². The summed E-state index contributed by atoms with van der Waals surface area (Å²) in [5.74, 6) is 0.552. The van der Waals surface area contributed by atoms with Crippen molar-refractivity contribution in [3.63, 3.8) is 0 Å². The van der Waals surface area contributed by atoms with E-state index in [1.165, 1.54) is 4.31 Å². The van der Waals surface area contributed by atoms with Crippen molar-refractivity contribution in [2.24, 2.45) is 0 Å². The third-order valence-corrected chi connectivity index (χ3v) is 7.58. The Balaban J connectivity index is 1.60. The van der Waals surface area contributed by atoms with Crippen LogP contribution in [0, 0.1) is 0 Å². The number of hydrogen-bond donors (Lipinski definition) is 1. The molecule has 4 rings (SSSR count). The van der Waals surface area contributed by atoms with Gasteiger partial charge in [0.2, 0.25) is 15.9 Å². The fourth-order valence-corrected chi connectivity index (χ4v) is 5.50. The number of sulfonamides is 1. The summed E-state index contributed by atoms with van der Waals surface area (Å²) in [6.45, 7) is 1.01. The van der Waals surface area contributed by atoms with Gasteiger partial charge >= 0.3 is 0 Å². The maximum Gasteiger partial charge on any atom is 0.255 e. The summed E-state index contributed by atoms with van der Waals surface area (Å²) in [4.78, 5) is 35.0. The van der Waals surface area contributed by atoms with Gasteiger partial charge in [0, 0.05) is 26.1 Å². The van der Waals surface area contributed by atoms with Crippen LogP contribution in [-0.2, 0) is 34.2 Å². The van der Waals surface area contributed by atoms with Gasteiger partial charge in [0.1, 0.15) is 5.82 Å². The molecule has 0 spiro atoms. The number of piperidine rings is 1. The maximum atomic E-state index is 12.9. The third kappa shape index (κ3) is 4.29. The summed E-state index contributed by atoms with van der Waals surface area (Å²) >= 11 is 1.57. The molecule has 4 heterocycles. The van der Waals surface area contributed by atoms with Crippen molar-refractivity contribution in [2.75, 3.05) is 19.3 Å². The minimum atomic E-state index is -3.36. The molecule has 2 aromatic rings. The number of aromatic amines is 1. The second kappa shape index (κ2) is 8.00. The van der Waals surface area contributed by atoms with Gasteiger partial charge in [-0.3, -0.25) is 9.59 Å². The molecule has 29 heavy (non-hydrogen) atoms. The van der Waals surface area contributed by atoms with Gasteiger partial charge in [-0.25, -0.2) is 13.4 Å². The lowest BCUT2D eigenvalue weighted by molar-refractivity contribution is -0.134. The monoisotopic (exact) mass is 436 g/mol. The summed E-state index contributed by atoms with van der Waals surface area (Å²) < 4.78 is 24.9. The highest BCUT2D eigenvalue weighted by Gasteiger charge is 2.32. The largest absolute Gasteiger partial charge is 0.332 e. The predicted molar refractivity (Wildman–Crippen MR) is 110 cm³/mol. The summed E-state index contributed by atoms with van der Waals surface area (Å²) in [6.07, 6.45) is 4.55. The fraction of sp³-hybridized carbons (Fsp3) is 0.526. The van der Waals surface area contributed by atoms with Crippen molar-refractivity contribution in [3.05, 3.63) is 49.8 Å². The number of aromatic nitrogens is 2. The van der Waals surface area contributed by atoms with E-state index >= 15 is 0 Å². The average molecular weight is 437 g/mol. The molecule has 156 valence electrons. The summed E-state index contributed by atoms with van der Waals surface area (Å²) in [5.41, 5.74) is 1.73. The summed E-state index contributed by atoms with van der Waals surface area (Å²) in [5, 5.41) is 3.93. The van der Waals surface area contributed by atoms with E-state index in [-0.39, 0.29) is 24.1 Å². The summed E-state index contributed by atoms with van der Waals surface area (Å²) in [6, 6.07) is 1.70. The number of thiophene rings is 1. The average Bonchev–Trinajstić information content (AvgIpc) is 3.20. The van der Waals surface area contributed by atoms with Crippen LogP contribution in [-0.4, -0.2) is 52.8 Å². The minimum absolute atomic E-state index is 0.0386. The highest BCUT2D eigenvalue weighted by molar-refractivity contribution is 7.88. The number of carbonyl (C=O) groups excluding carboxylic acids is 1. The number of amides is 1. The van der Waals surface area contributed by atoms with Gasteiger partial charge in [-0.05, 0) is 41.7 Å². The van der Waals surface area contributed by atoms with Gasteiger partial charge in [-0.2, -0.15) is 15.6 Å². The standard InChI is InChI=1S/C19H24N4O4S2/c1-29(26,27)22-8-5-15-14(11-22)19(25)21-18(20-15)16-4-2-3-7-23(16)17(24)10-13-6-9-28-12-13/h6,9,12,16H,2-5,7-8,10-11H2,1H3,(H,20,21,25)/t16-/m1/s1. The predicted octanol–water partition coefficient (Wildman–Crippen LogP) is 1.45. The molecule has 1 amide bonds. The second-order valence-corrected chi connectivity index (χ2v) is 10.4. The number of rotatable bonds is 4. The SMILES string of the molecule is CS(=O)(=O)N1CCc2nc([C@H]3CCCCN3C(=O)Cc3ccsc3)[nH]c(=O)c2C1. The molecule has 10 heteroatoms. The van der Waals surface area contributed by atoms with Crippen molar-refractivity contribution >= 4 is 27.3 Å². The van der Waals surface area contributed by atoms with Crippen LogP contribution in [0.1, 0.15) is 47.9 Å². The first-order chi connectivity index (χ1) is 13.8. The molecule has 0 bridgehead atoms. The Kier molecular flexibility index (Phi) is 5.58. The molecule has 2 aliphatic rings. The fourth-order valence-electron chi connectivity index (χ4n) is 4.04. The molecular weight excluding hydrogens is 412 g/mol. The van der Waals surface area contributed by atoms with E-state index in [1.807, 2.05) is 21.7 Å². The molecule has 0 saturated carbocycles. The Morgan fingerprint density at radius 2 is 2.17 bits per heavy atom. The van der Waals surface area contributed by atoms with E-state index in [4.69, 9.17) is 0 Å². The van der Waals surface area contributed by atoms with Gasteiger partial charge in [-0.1, -0.05) is 0 Å². The molecular formula is C19H24N4O4S2. The Bertz CT molecular complexity index is 1060. The van der Waals surface area contributed by atoms with E-state index in [0.717, 1.165) is 31.1 Å². The number of likely N-dealkylation sites (tertiary alicyclic amines) is 1. The van der Waals surface area contributed by atoms with Crippen LogP contribution in [0.2, 0.25) is 0 Å². The van der Waals surface area contributed by atoms with Gasteiger partial charge in [0.05, 0.1) is 30.0 Å². The van der Waals surface area contributed by atoms with Crippen LogP contribution in [0.4, 0.5) is 0 Å². The Morgan fingerprint density at radius 3 is 2.90 bits per heavy atom. The smallest absolute Gasteiger partial charge is 0.255 e. The molecule has 0 aliphatic carbocycles. The molecule has 1 atom stereocenters. The molecule has 0 unspecified atom stereocenters. The Labute approximate surface area is 173 Å². The quantitative estimate of drug-likeness (QED) is 0.781. The molecule has 1 fully saturated rings. The second-order valence-electron chi connectivity index (χ2n) is 7.63. The molecule has 2 aliphatic heterocycles. The van der Waals surface area contributed by atoms with Crippen molar-refractivity contribution in [1.29, 1.82) is 0 Å². The van der Waals surface area contributed by atoms with Crippen molar-refractivity contribution in [1.82, 2.24) is 19.2 Å². The molecule has 2 aromatic heterocycles. The molecule has 8 nitrogen and oxygen atoms in total. The maximum absolute atomic E-state index is 12.9. The highest BCUT2D eigenvalue weighted by atomic mass is 32.2.